The van der Waals surface area contributed by atoms with Crippen LogP contribution in [0.3, 0.4) is 0 Å². The van der Waals surface area contributed by atoms with Crippen molar-refractivity contribution in [2.75, 3.05) is 0 Å². The third-order valence-electron chi connectivity index (χ3n) is 3.52. The molecule has 0 spiro atoms. The molecule has 0 atom stereocenters. The third-order valence-corrected chi connectivity index (χ3v) is 3.52. The molecule has 0 aliphatic heterocycles. The Bertz CT molecular complexity index is 130. The maximum atomic E-state index is 6.64. The molecule has 0 heterocycles. The molecule has 0 saturated carbocycles. The van der Waals surface area contributed by atoms with Gasteiger partial charge in [0.25, 0.3) is 0 Å². The first kappa shape index (κ1) is 15.0. The normalized spacial score (nSPS) is 12.4. The first-order valence-electron chi connectivity index (χ1n) is 6.93. The van der Waals surface area contributed by atoms with E-state index in [2.05, 4.69) is 27.7 Å². The molecule has 0 unspecified atom stereocenters. The highest BCUT2D eigenvalue weighted by molar-refractivity contribution is 4.90. The lowest BCUT2D eigenvalue weighted by Crippen LogP contribution is -2.47. The summed E-state index contributed by atoms with van der Waals surface area (Å²) in [6.07, 6.45) is 10.0. The summed E-state index contributed by atoms with van der Waals surface area (Å²) < 4.78 is 0. The highest BCUT2D eigenvalue weighted by atomic mass is 14.8. The largest absolute Gasteiger partial charge is 0.325 e. The Morgan fingerprint density at radius 2 is 1.20 bits per heavy atom. The van der Waals surface area contributed by atoms with Gasteiger partial charge in [0.05, 0.1) is 0 Å². The van der Waals surface area contributed by atoms with E-state index >= 15 is 0 Å². The fourth-order valence-electron chi connectivity index (χ4n) is 2.88. The van der Waals surface area contributed by atoms with Gasteiger partial charge in [-0.1, -0.05) is 53.4 Å². The first-order chi connectivity index (χ1) is 7.14. The lowest BCUT2D eigenvalue weighted by molar-refractivity contribution is 0.203. The predicted molar refractivity (Wildman–Crippen MR) is 70.0 cm³/mol. The molecule has 0 amide bonds. The summed E-state index contributed by atoms with van der Waals surface area (Å²) in [5, 5.41) is 0. The van der Waals surface area contributed by atoms with E-state index in [-0.39, 0.29) is 5.54 Å². The fourth-order valence-corrected chi connectivity index (χ4v) is 2.88. The number of rotatable bonds is 9. The monoisotopic (exact) mass is 213 g/mol. The van der Waals surface area contributed by atoms with Crippen LogP contribution in [0.5, 0.6) is 0 Å². The van der Waals surface area contributed by atoms with Crippen LogP contribution in [0, 0.1) is 5.92 Å². The van der Waals surface area contributed by atoms with Gasteiger partial charge in [-0.25, -0.2) is 0 Å². The summed E-state index contributed by atoms with van der Waals surface area (Å²) in [6.45, 7) is 9.07. The molecule has 0 rings (SSSR count). The Balaban J connectivity index is 4.48. The second-order valence-electron chi connectivity index (χ2n) is 5.01. The van der Waals surface area contributed by atoms with Gasteiger partial charge in [0.2, 0.25) is 0 Å². The number of hydrogen-bond acceptors (Lipinski definition) is 1. The number of nitrogens with two attached hydrogens (primary N) is 1. The van der Waals surface area contributed by atoms with Crippen LogP contribution in [0.1, 0.15) is 79.1 Å². The quantitative estimate of drug-likeness (QED) is 0.599. The van der Waals surface area contributed by atoms with Gasteiger partial charge < -0.3 is 5.73 Å². The second kappa shape index (κ2) is 8.15. The van der Waals surface area contributed by atoms with Crippen molar-refractivity contribution in [3.8, 4) is 0 Å². The first-order valence-corrected chi connectivity index (χ1v) is 6.93. The zero-order chi connectivity index (χ0) is 11.7. The van der Waals surface area contributed by atoms with Crippen LogP contribution in [-0.4, -0.2) is 5.54 Å². The summed E-state index contributed by atoms with van der Waals surface area (Å²) in [6, 6.07) is 0. The van der Waals surface area contributed by atoms with Crippen LogP contribution in [-0.2, 0) is 0 Å². The van der Waals surface area contributed by atoms with Crippen molar-refractivity contribution in [1.29, 1.82) is 0 Å². The van der Waals surface area contributed by atoms with Crippen molar-refractivity contribution in [2.45, 2.75) is 84.6 Å². The van der Waals surface area contributed by atoms with Crippen LogP contribution in [0.25, 0.3) is 0 Å². The molecule has 92 valence electrons. The molecule has 1 nitrogen and oxygen atoms in total. The Kier molecular flexibility index (Phi) is 8.13. The van der Waals surface area contributed by atoms with E-state index in [4.69, 9.17) is 5.73 Å². The Morgan fingerprint density at radius 1 is 0.800 bits per heavy atom. The molecule has 0 aliphatic carbocycles. The highest BCUT2D eigenvalue weighted by Crippen LogP contribution is 2.32. The van der Waals surface area contributed by atoms with Crippen LogP contribution in [0.15, 0.2) is 0 Å². The van der Waals surface area contributed by atoms with Crippen molar-refractivity contribution in [1.82, 2.24) is 0 Å². The second-order valence-corrected chi connectivity index (χ2v) is 5.01. The lowest BCUT2D eigenvalue weighted by atomic mass is 9.73. The van der Waals surface area contributed by atoms with Gasteiger partial charge in [0, 0.05) is 5.54 Å². The molecule has 0 aromatic rings. The van der Waals surface area contributed by atoms with Gasteiger partial charge in [-0.3, -0.25) is 0 Å². The SMILES string of the molecule is CCCC(CCC)C(N)(CCC)CCC. The maximum Gasteiger partial charge on any atom is 0.0182 e. The minimum Gasteiger partial charge on any atom is -0.325 e. The molecule has 0 aromatic carbocycles. The van der Waals surface area contributed by atoms with Gasteiger partial charge in [-0.2, -0.15) is 0 Å². The van der Waals surface area contributed by atoms with Crippen molar-refractivity contribution in [3.63, 3.8) is 0 Å². The van der Waals surface area contributed by atoms with Crippen LogP contribution >= 0.6 is 0 Å². The summed E-state index contributed by atoms with van der Waals surface area (Å²) in [5.74, 6) is 0.743. The summed E-state index contributed by atoms with van der Waals surface area (Å²) in [5.41, 5.74) is 6.76. The minimum absolute atomic E-state index is 0.121. The molecular formula is C14H31N. The maximum absolute atomic E-state index is 6.64. The van der Waals surface area contributed by atoms with Crippen molar-refractivity contribution < 1.29 is 0 Å². The van der Waals surface area contributed by atoms with E-state index in [9.17, 15) is 0 Å². The zero-order valence-corrected chi connectivity index (χ0v) is 11.3. The highest BCUT2D eigenvalue weighted by Gasteiger charge is 2.31. The van der Waals surface area contributed by atoms with Gasteiger partial charge in [0.15, 0.2) is 0 Å². The van der Waals surface area contributed by atoms with Crippen molar-refractivity contribution in [3.05, 3.63) is 0 Å². The van der Waals surface area contributed by atoms with Crippen LogP contribution < -0.4 is 5.73 Å². The molecule has 0 radical (unpaired) electrons. The smallest absolute Gasteiger partial charge is 0.0182 e. The zero-order valence-electron chi connectivity index (χ0n) is 11.3. The molecule has 0 fully saturated rings. The van der Waals surface area contributed by atoms with E-state index in [1.54, 1.807) is 0 Å². The molecule has 0 aliphatic rings. The van der Waals surface area contributed by atoms with Gasteiger partial charge in [-0.15, -0.1) is 0 Å². The molecule has 15 heavy (non-hydrogen) atoms. The fraction of sp³-hybridized carbons (Fsp3) is 1.00. The summed E-state index contributed by atoms with van der Waals surface area (Å²) in [7, 11) is 0. The molecule has 0 aromatic heterocycles. The molecular weight excluding hydrogens is 182 g/mol. The van der Waals surface area contributed by atoms with E-state index in [1.807, 2.05) is 0 Å². The molecule has 1 heteroatoms. The number of hydrogen-bond donors (Lipinski definition) is 1. The topological polar surface area (TPSA) is 26.0 Å². The Hall–Kier alpha value is -0.0400. The van der Waals surface area contributed by atoms with E-state index in [0.717, 1.165) is 5.92 Å². The Labute approximate surface area is 96.8 Å². The van der Waals surface area contributed by atoms with E-state index in [0.29, 0.717) is 0 Å². The van der Waals surface area contributed by atoms with Gasteiger partial charge in [-0.05, 0) is 31.6 Å². The molecule has 0 saturated heterocycles. The average molecular weight is 213 g/mol. The average Bonchev–Trinajstić information content (AvgIpc) is 2.18. The summed E-state index contributed by atoms with van der Waals surface area (Å²) in [4.78, 5) is 0. The molecule has 0 bridgehead atoms. The van der Waals surface area contributed by atoms with Gasteiger partial charge >= 0.3 is 0 Å². The van der Waals surface area contributed by atoms with Crippen molar-refractivity contribution >= 4 is 0 Å². The van der Waals surface area contributed by atoms with E-state index in [1.165, 1.54) is 51.4 Å². The van der Waals surface area contributed by atoms with E-state index < -0.39 is 0 Å². The molecule has 2 N–H and O–H groups in total. The predicted octanol–water partition coefficient (Wildman–Crippen LogP) is 4.50. The van der Waals surface area contributed by atoms with Crippen LogP contribution in [0.4, 0.5) is 0 Å². The van der Waals surface area contributed by atoms with Gasteiger partial charge in [0.1, 0.15) is 0 Å². The lowest BCUT2D eigenvalue weighted by Gasteiger charge is -2.38. The van der Waals surface area contributed by atoms with Crippen molar-refractivity contribution in [2.24, 2.45) is 11.7 Å². The minimum atomic E-state index is 0.121. The standard InChI is InChI=1S/C14H31N/c1-5-9-13(10-6-2)14(15,11-7-3)12-8-4/h13H,5-12,15H2,1-4H3. The Morgan fingerprint density at radius 3 is 1.47 bits per heavy atom. The summed E-state index contributed by atoms with van der Waals surface area (Å²) >= 11 is 0. The van der Waals surface area contributed by atoms with Crippen LogP contribution in [0.2, 0.25) is 0 Å². The third kappa shape index (κ3) is 5.01.